The van der Waals surface area contributed by atoms with Crippen LogP contribution in [0.4, 0.5) is 0 Å². The number of carbonyl (C=O) groups excluding carboxylic acids is 1. The number of nitrogens with zero attached hydrogens (tertiary/aromatic N) is 1. The summed E-state index contributed by atoms with van der Waals surface area (Å²) in [6.45, 7) is 2.40. The molecule has 6 nitrogen and oxygen atoms in total. The van der Waals surface area contributed by atoms with Gasteiger partial charge in [0.1, 0.15) is 17.4 Å². The van der Waals surface area contributed by atoms with Crippen LogP contribution in [0.25, 0.3) is 0 Å². The minimum absolute atomic E-state index is 0.0380. The molecular formula is C25H26N2O4S. The molecule has 0 saturated carbocycles. The lowest BCUT2D eigenvalue weighted by molar-refractivity contribution is -0.136. The summed E-state index contributed by atoms with van der Waals surface area (Å²) in [5.41, 5.74) is 1.94. The molecule has 1 unspecified atom stereocenters. The van der Waals surface area contributed by atoms with E-state index in [0.717, 1.165) is 21.8 Å². The van der Waals surface area contributed by atoms with E-state index in [0.29, 0.717) is 24.5 Å². The van der Waals surface area contributed by atoms with E-state index in [1.54, 1.807) is 6.20 Å². The number of Topliss-reactive ketones (excluding diaryl/α,β-unsaturated/α-hetero) is 1. The first-order chi connectivity index (χ1) is 15.5. The van der Waals surface area contributed by atoms with Gasteiger partial charge in [0.15, 0.2) is 5.78 Å². The van der Waals surface area contributed by atoms with Crippen molar-refractivity contribution in [2.45, 2.75) is 45.1 Å². The Morgan fingerprint density at radius 2 is 1.81 bits per heavy atom. The lowest BCUT2D eigenvalue weighted by Gasteiger charge is -2.13. The number of carboxylic acids is 1. The molecule has 1 atom stereocenters. The topological polar surface area (TPSA) is 100 Å². The summed E-state index contributed by atoms with van der Waals surface area (Å²) in [7, 11) is 0. The number of carbonyl (C=O) groups is 2. The van der Waals surface area contributed by atoms with E-state index in [1.807, 2.05) is 61.5 Å². The van der Waals surface area contributed by atoms with Gasteiger partial charge in [-0.1, -0.05) is 49.4 Å². The van der Waals surface area contributed by atoms with Gasteiger partial charge in [-0.2, -0.15) is 0 Å². The molecular weight excluding hydrogens is 424 g/mol. The van der Waals surface area contributed by atoms with Crippen molar-refractivity contribution in [2.75, 3.05) is 0 Å². The maximum atomic E-state index is 12.7. The van der Waals surface area contributed by atoms with E-state index >= 15 is 0 Å². The zero-order valence-electron chi connectivity index (χ0n) is 17.9. The van der Waals surface area contributed by atoms with Crippen LogP contribution in [0.2, 0.25) is 0 Å². The predicted octanol–water partition coefficient (Wildman–Crippen LogP) is 5.06. The fourth-order valence-corrected chi connectivity index (χ4v) is 4.36. The summed E-state index contributed by atoms with van der Waals surface area (Å²) in [4.78, 5) is 28.7. The molecule has 0 spiro atoms. The van der Waals surface area contributed by atoms with Crippen molar-refractivity contribution in [2.24, 2.45) is 0 Å². The van der Waals surface area contributed by atoms with Gasteiger partial charge in [0, 0.05) is 17.5 Å². The third-order valence-corrected chi connectivity index (χ3v) is 6.22. The Morgan fingerprint density at radius 3 is 2.47 bits per heavy atom. The van der Waals surface area contributed by atoms with E-state index in [1.165, 1.54) is 11.3 Å². The highest BCUT2D eigenvalue weighted by atomic mass is 32.1. The lowest BCUT2D eigenvalue weighted by Crippen LogP contribution is -2.22. The van der Waals surface area contributed by atoms with Crippen LogP contribution in [0.1, 0.15) is 46.7 Å². The van der Waals surface area contributed by atoms with Gasteiger partial charge in [0.2, 0.25) is 0 Å². The summed E-state index contributed by atoms with van der Waals surface area (Å²) in [6.07, 6.45) is 2.83. The molecule has 0 aliphatic rings. The molecule has 0 bridgehead atoms. The summed E-state index contributed by atoms with van der Waals surface area (Å²) < 4.78 is 5.78. The fourth-order valence-electron chi connectivity index (χ4n) is 3.25. The van der Waals surface area contributed by atoms with Crippen molar-refractivity contribution < 1.29 is 19.4 Å². The van der Waals surface area contributed by atoms with Gasteiger partial charge in [-0.3, -0.25) is 9.59 Å². The number of ketones is 1. The van der Waals surface area contributed by atoms with E-state index in [2.05, 4.69) is 4.98 Å². The zero-order valence-corrected chi connectivity index (χ0v) is 18.7. The number of thiazole rings is 1. The van der Waals surface area contributed by atoms with Crippen LogP contribution >= 0.6 is 11.3 Å². The van der Waals surface area contributed by atoms with Crippen LogP contribution in [0.15, 0.2) is 60.8 Å². The first kappa shape index (κ1) is 23.3. The highest BCUT2D eigenvalue weighted by molar-refractivity contribution is 7.11. The number of aryl methyl sites for hydroxylation is 1. The van der Waals surface area contributed by atoms with Crippen LogP contribution < -0.4 is 4.74 Å². The average Bonchev–Trinajstić information content (AvgIpc) is 3.27. The number of rotatable bonds is 12. The predicted molar refractivity (Wildman–Crippen MR) is 125 cm³/mol. The number of nitrogens with one attached hydrogen (secondary N) is 1. The Kier molecular flexibility index (Phi) is 8.27. The van der Waals surface area contributed by atoms with Gasteiger partial charge < -0.3 is 15.3 Å². The van der Waals surface area contributed by atoms with Gasteiger partial charge in [-0.25, -0.2) is 4.98 Å². The SMILES string of the molecule is CCC(C(=N)C(=O)Cc1ccc(OCc2ccccc2)cc1)c1ncc(CCC(=O)O)s1. The first-order valence-electron chi connectivity index (χ1n) is 10.5. The Hall–Kier alpha value is -3.32. The minimum atomic E-state index is -0.855. The number of carboxylic acid groups (broad SMARTS) is 1. The third kappa shape index (κ3) is 6.59. The summed E-state index contributed by atoms with van der Waals surface area (Å²) in [5, 5.41) is 17.9. The van der Waals surface area contributed by atoms with Gasteiger partial charge >= 0.3 is 5.97 Å². The maximum absolute atomic E-state index is 12.7. The summed E-state index contributed by atoms with van der Waals surface area (Å²) >= 11 is 1.38. The molecule has 1 aromatic heterocycles. The van der Waals surface area contributed by atoms with Gasteiger partial charge in [-0.15, -0.1) is 11.3 Å². The quantitative estimate of drug-likeness (QED) is 0.376. The van der Waals surface area contributed by atoms with Gasteiger partial charge in [-0.05, 0) is 36.1 Å². The van der Waals surface area contributed by atoms with E-state index in [4.69, 9.17) is 15.3 Å². The van der Waals surface area contributed by atoms with Gasteiger partial charge in [0.05, 0.1) is 18.1 Å². The van der Waals surface area contributed by atoms with Crippen molar-refractivity contribution in [1.82, 2.24) is 4.98 Å². The molecule has 0 aliphatic carbocycles. The highest BCUT2D eigenvalue weighted by Crippen LogP contribution is 2.27. The number of aliphatic carboxylic acids is 1. The summed E-state index contributed by atoms with van der Waals surface area (Å²) in [5.74, 6) is -0.744. The first-order valence-corrected chi connectivity index (χ1v) is 11.3. The molecule has 0 aliphatic heterocycles. The second-order valence-corrected chi connectivity index (χ2v) is 8.60. The number of benzene rings is 2. The molecule has 3 rings (SSSR count). The largest absolute Gasteiger partial charge is 0.489 e. The monoisotopic (exact) mass is 450 g/mol. The Balaban J connectivity index is 1.56. The molecule has 166 valence electrons. The van der Waals surface area contributed by atoms with Crippen LogP contribution in [0.3, 0.4) is 0 Å². The van der Waals surface area contributed by atoms with Gasteiger partial charge in [0.25, 0.3) is 0 Å². The second-order valence-electron chi connectivity index (χ2n) is 7.45. The lowest BCUT2D eigenvalue weighted by atomic mass is 9.94. The van der Waals surface area contributed by atoms with Crippen molar-refractivity contribution in [3.63, 3.8) is 0 Å². The van der Waals surface area contributed by atoms with E-state index < -0.39 is 5.97 Å². The molecule has 0 saturated heterocycles. The third-order valence-electron chi connectivity index (χ3n) is 5.05. The fraction of sp³-hybridized carbons (Fsp3) is 0.280. The zero-order chi connectivity index (χ0) is 22.9. The molecule has 2 N–H and O–H groups in total. The number of hydrogen-bond acceptors (Lipinski definition) is 6. The Bertz CT molecular complexity index is 1060. The molecule has 32 heavy (non-hydrogen) atoms. The number of aromatic nitrogens is 1. The van der Waals surface area contributed by atoms with Crippen LogP contribution in [-0.4, -0.2) is 27.6 Å². The minimum Gasteiger partial charge on any atom is -0.489 e. The standard InChI is InChI=1S/C25H26N2O4S/c1-2-21(25-27-15-20(32-25)12-13-23(29)30)24(26)22(28)14-17-8-10-19(11-9-17)31-16-18-6-4-3-5-7-18/h3-11,15,21,26H,2,12-14,16H2,1H3,(H,29,30). The molecule has 1 heterocycles. The van der Waals surface area contributed by atoms with Crippen LogP contribution in [0.5, 0.6) is 5.75 Å². The Labute approximate surface area is 191 Å². The molecule has 0 fully saturated rings. The maximum Gasteiger partial charge on any atom is 0.303 e. The molecule has 3 aromatic rings. The Morgan fingerprint density at radius 1 is 1.09 bits per heavy atom. The highest BCUT2D eigenvalue weighted by Gasteiger charge is 2.24. The molecule has 0 radical (unpaired) electrons. The number of hydrogen-bond donors (Lipinski definition) is 2. The summed E-state index contributed by atoms with van der Waals surface area (Å²) in [6, 6.07) is 17.3. The van der Waals surface area contributed by atoms with Crippen molar-refractivity contribution in [1.29, 1.82) is 5.41 Å². The van der Waals surface area contributed by atoms with Crippen LogP contribution in [-0.2, 0) is 29.0 Å². The molecule has 2 aromatic carbocycles. The van der Waals surface area contributed by atoms with Crippen molar-refractivity contribution in [3.8, 4) is 5.75 Å². The molecule has 0 amide bonds. The smallest absolute Gasteiger partial charge is 0.303 e. The van der Waals surface area contributed by atoms with Crippen molar-refractivity contribution >= 4 is 28.8 Å². The number of ether oxygens (including phenoxy) is 1. The van der Waals surface area contributed by atoms with E-state index in [-0.39, 0.29) is 30.3 Å². The normalized spacial score (nSPS) is 11.7. The van der Waals surface area contributed by atoms with Crippen LogP contribution in [0, 0.1) is 5.41 Å². The average molecular weight is 451 g/mol. The molecule has 7 heteroatoms. The van der Waals surface area contributed by atoms with Crippen molar-refractivity contribution in [3.05, 3.63) is 81.8 Å². The van der Waals surface area contributed by atoms with E-state index in [9.17, 15) is 9.59 Å². The second kappa shape index (κ2) is 11.3.